The van der Waals surface area contributed by atoms with Crippen molar-refractivity contribution < 1.29 is 26.4 Å². The number of hydrogen-bond donors (Lipinski definition) is 2. The molecule has 0 aliphatic carbocycles. The summed E-state index contributed by atoms with van der Waals surface area (Å²) in [6.45, 7) is 0. The van der Waals surface area contributed by atoms with Crippen LogP contribution in [0.1, 0.15) is 15.9 Å². The molecule has 0 saturated heterocycles. The molecule has 0 saturated carbocycles. The average Bonchev–Trinajstić information content (AvgIpc) is 2.53. The van der Waals surface area contributed by atoms with Crippen LogP contribution in [0.4, 0.5) is 18.9 Å². The van der Waals surface area contributed by atoms with Crippen LogP contribution in [0.15, 0.2) is 47.4 Å². The van der Waals surface area contributed by atoms with E-state index in [2.05, 4.69) is 10.0 Å². The normalized spacial score (nSPS) is 11.9. The van der Waals surface area contributed by atoms with Gasteiger partial charge in [-0.3, -0.25) is 9.52 Å². The van der Waals surface area contributed by atoms with E-state index in [1.807, 2.05) is 0 Å². The van der Waals surface area contributed by atoms with Crippen molar-refractivity contribution in [3.63, 3.8) is 0 Å². The van der Waals surface area contributed by atoms with Crippen LogP contribution in [0.3, 0.4) is 0 Å². The van der Waals surface area contributed by atoms with Gasteiger partial charge in [-0.25, -0.2) is 8.42 Å². The van der Waals surface area contributed by atoms with Crippen molar-refractivity contribution >= 4 is 33.2 Å². The molecule has 2 rings (SSSR count). The van der Waals surface area contributed by atoms with E-state index in [-0.39, 0.29) is 11.6 Å². The molecule has 10 heteroatoms. The Kier molecular flexibility index (Phi) is 5.28. The van der Waals surface area contributed by atoms with Crippen LogP contribution in [0.2, 0.25) is 5.02 Å². The summed E-state index contributed by atoms with van der Waals surface area (Å²) in [5.74, 6) is -0.359. The topological polar surface area (TPSA) is 75.3 Å². The Balaban J connectivity index is 2.32. The van der Waals surface area contributed by atoms with E-state index in [0.717, 1.165) is 12.1 Å². The molecule has 0 aliphatic rings. The van der Waals surface area contributed by atoms with Gasteiger partial charge < -0.3 is 5.32 Å². The summed E-state index contributed by atoms with van der Waals surface area (Å²) in [5, 5.41) is 1.81. The molecule has 2 N–H and O–H groups in total. The smallest absolute Gasteiger partial charge is 0.355 e. The summed E-state index contributed by atoms with van der Waals surface area (Å²) in [5.41, 5.74) is -0.848. The molecular weight excluding hydrogens is 381 g/mol. The van der Waals surface area contributed by atoms with E-state index >= 15 is 0 Å². The predicted octanol–water partition coefficient (Wildman–Crippen LogP) is 3.52. The van der Waals surface area contributed by atoms with Gasteiger partial charge >= 0.3 is 6.18 Å². The number of alkyl halides is 3. The SMILES string of the molecule is CNC(=O)c1ccc(NS(=O)(=O)c2ccc(Cl)c(C(F)(F)F)c2)cc1. The lowest BCUT2D eigenvalue weighted by Gasteiger charge is -2.12. The fourth-order valence-electron chi connectivity index (χ4n) is 1.94. The lowest BCUT2D eigenvalue weighted by atomic mass is 10.2. The van der Waals surface area contributed by atoms with Crippen LogP contribution < -0.4 is 10.0 Å². The first-order valence-corrected chi connectivity index (χ1v) is 8.62. The molecule has 0 radical (unpaired) electrons. The molecule has 0 unspecified atom stereocenters. The molecule has 0 spiro atoms. The standard InChI is InChI=1S/C15H12ClF3N2O3S/c1-20-14(22)9-2-4-10(5-3-9)21-25(23,24)11-6-7-13(16)12(8-11)15(17,18)19/h2-8,21H,1H3,(H,20,22). The molecule has 0 aromatic heterocycles. The number of nitrogens with one attached hydrogen (secondary N) is 2. The summed E-state index contributed by atoms with van der Waals surface area (Å²) in [6, 6.07) is 7.70. The van der Waals surface area contributed by atoms with Crippen LogP contribution in [-0.2, 0) is 16.2 Å². The number of halogens is 4. The number of amides is 1. The van der Waals surface area contributed by atoms with Crippen molar-refractivity contribution in [2.75, 3.05) is 11.8 Å². The molecule has 134 valence electrons. The first kappa shape index (κ1) is 19.1. The predicted molar refractivity (Wildman–Crippen MR) is 87.1 cm³/mol. The summed E-state index contributed by atoms with van der Waals surface area (Å²) in [6.07, 6.45) is -4.78. The maximum Gasteiger partial charge on any atom is 0.417 e. The van der Waals surface area contributed by atoms with Crippen molar-refractivity contribution in [1.82, 2.24) is 5.32 Å². The highest BCUT2D eigenvalue weighted by Crippen LogP contribution is 2.36. The minimum atomic E-state index is -4.78. The summed E-state index contributed by atoms with van der Waals surface area (Å²) in [4.78, 5) is 10.8. The van der Waals surface area contributed by atoms with Crippen molar-refractivity contribution in [2.45, 2.75) is 11.1 Å². The average molecular weight is 393 g/mol. The Hall–Kier alpha value is -2.26. The van der Waals surface area contributed by atoms with Gasteiger partial charge in [-0.15, -0.1) is 0 Å². The molecule has 0 fully saturated rings. The second kappa shape index (κ2) is 6.93. The fourth-order valence-corrected chi connectivity index (χ4v) is 3.25. The van der Waals surface area contributed by atoms with E-state index in [4.69, 9.17) is 11.6 Å². The number of sulfonamides is 1. The minimum absolute atomic E-state index is 0.0937. The van der Waals surface area contributed by atoms with E-state index < -0.39 is 31.7 Å². The number of hydrogen-bond acceptors (Lipinski definition) is 3. The number of carbonyl (C=O) groups is 1. The van der Waals surface area contributed by atoms with E-state index in [0.29, 0.717) is 11.6 Å². The van der Waals surface area contributed by atoms with Crippen molar-refractivity contribution in [3.05, 3.63) is 58.6 Å². The molecule has 25 heavy (non-hydrogen) atoms. The number of carbonyl (C=O) groups excluding carboxylic acids is 1. The van der Waals surface area contributed by atoms with Gasteiger partial charge in [-0.2, -0.15) is 13.2 Å². The summed E-state index contributed by atoms with van der Waals surface area (Å²) >= 11 is 5.48. The molecule has 2 aromatic carbocycles. The van der Waals surface area contributed by atoms with Gasteiger partial charge in [0.1, 0.15) is 0 Å². The minimum Gasteiger partial charge on any atom is -0.355 e. The van der Waals surface area contributed by atoms with E-state index in [1.54, 1.807) is 0 Å². The highest BCUT2D eigenvalue weighted by Gasteiger charge is 2.34. The summed E-state index contributed by atoms with van der Waals surface area (Å²) < 4.78 is 65.3. The van der Waals surface area contributed by atoms with Crippen LogP contribution in [0.5, 0.6) is 0 Å². The Labute approximate surface area is 146 Å². The number of rotatable bonds is 4. The molecule has 5 nitrogen and oxygen atoms in total. The highest BCUT2D eigenvalue weighted by molar-refractivity contribution is 7.92. The lowest BCUT2D eigenvalue weighted by molar-refractivity contribution is -0.137. The maximum atomic E-state index is 12.9. The molecule has 2 aromatic rings. The van der Waals surface area contributed by atoms with Gasteiger partial charge in [0.05, 0.1) is 15.5 Å². The zero-order valence-corrected chi connectivity index (χ0v) is 14.3. The molecular formula is C15H12ClF3N2O3S. The quantitative estimate of drug-likeness (QED) is 0.836. The first-order valence-electron chi connectivity index (χ1n) is 6.76. The largest absolute Gasteiger partial charge is 0.417 e. The van der Waals surface area contributed by atoms with Gasteiger partial charge in [-0.05, 0) is 42.5 Å². The molecule has 0 atom stereocenters. The molecule has 0 heterocycles. The van der Waals surface area contributed by atoms with Crippen molar-refractivity contribution in [2.24, 2.45) is 0 Å². The molecule has 0 bridgehead atoms. The molecule has 0 aliphatic heterocycles. The van der Waals surface area contributed by atoms with Gasteiger partial charge in [0.2, 0.25) is 0 Å². The third kappa shape index (κ3) is 4.43. The van der Waals surface area contributed by atoms with Crippen LogP contribution >= 0.6 is 11.6 Å². The highest BCUT2D eigenvalue weighted by atomic mass is 35.5. The van der Waals surface area contributed by atoms with Crippen LogP contribution in [0.25, 0.3) is 0 Å². The monoisotopic (exact) mass is 392 g/mol. The van der Waals surface area contributed by atoms with Crippen LogP contribution in [0, 0.1) is 0 Å². The fraction of sp³-hybridized carbons (Fsp3) is 0.133. The Morgan fingerprint density at radius 3 is 2.20 bits per heavy atom. The van der Waals surface area contributed by atoms with E-state index in [1.165, 1.54) is 31.3 Å². The lowest BCUT2D eigenvalue weighted by Crippen LogP contribution is -2.18. The number of benzene rings is 2. The van der Waals surface area contributed by atoms with Gasteiger partial charge in [0.25, 0.3) is 15.9 Å². The zero-order valence-electron chi connectivity index (χ0n) is 12.7. The zero-order chi connectivity index (χ0) is 18.8. The van der Waals surface area contributed by atoms with E-state index in [9.17, 15) is 26.4 Å². The second-order valence-corrected chi connectivity index (χ2v) is 6.99. The van der Waals surface area contributed by atoms with Gasteiger partial charge in [-0.1, -0.05) is 11.6 Å². The maximum absolute atomic E-state index is 12.9. The molecule has 1 amide bonds. The van der Waals surface area contributed by atoms with Crippen molar-refractivity contribution in [3.8, 4) is 0 Å². The van der Waals surface area contributed by atoms with Crippen LogP contribution in [-0.4, -0.2) is 21.4 Å². The van der Waals surface area contributed by atoms with Crippen molar-refractivity contribution in [1.29, 1.82) is 0 Å². The third-order valence-electron chi connectivity index (χ3n) is 3.18. The van der Waals surface area contributed by atoms with Gasteiger partial charge in [0.15, 0.2) is 0 Å². The third-order valence-corrected chi connectivity index (χ3v) is 4.89. The summed E-state index contributed by atoms with van der Waals surface area (Å²) in [7, 11) is -2.82. The Morgan fingerprint density at radius 1 is 1.08 bits per heavy atom. The second-order valence-electron chi connectivity index (χ2n) is 4.90. The Bertz CT molecular complexity index is 897. The number of anilines is 1. The van der Waals surface area contributed by atoms with Gasteiger partial charge in [0, 0.05) is 18.3 Å². The first-order chi connectivity index (χ1) is 11.5. The Morgan fingerprint density at radius 2 is 1.68 bits per heavy atom.